The van der Waals surface area contributed by atoms with Gasteiger partial charge < -0.3 is 14.5 Å². The fraction of sp³-hybridized carbons (Fsp3) is 0.667. The Balaban J connectivity index is 1.68. The number of hydrogen-bond donors (Lipinski definition) is 1. The van der Waals surface area contributed by atoms with Crippen LogP contribution in [-0.2, 0) is 11.3 Å². The van der Waals surface area contributed by atoms with Gasteiger partial charge in [0, 0.05) is 20.3 Å². The number of ether oxygens (including phenoxy) is 1. The quantitative estimate of drug-likeness (QED) is 0.778. The summed E-state index contributed by atoms with van der Waals surface area (Å²) in [7, 11) is 1.77. The molecule has 0 aliphatic heterocycles. The SMILES string of the molecule is COCCC1(CNCc2ccc(I)o2)CC1. The van der Waals surface area contributed by atoms with Crippen molar-refractivity contribution in [3.63, 3.8) is 0 Å². The molecule has 0 saturated heterocycles. The summed E-state index contributed by atoms with van der Waals surface area (Å²) in [5.41, 5.74) is 0.510. The molecule has 0 spiro atoms. The van der Waals surface area contributed by atoms with Crippen LogP contribution in [-0.4, -0.2) is 20.3 Å². The van der Waals surface area contributed by atoms with E-state index in [1.807, 2.05) is 12.1 Å². The van der Waals surface area contributed by atoms with E-state index in [-0.39, 0.29) is 0 Å². The fourth-order valence-corrected chi connectivity index (χ4v) is 2.37. The molecule has 1 saturated carbocycles. The number of methoxy groups -OCH3 is 1. The normalized spacial score (nSPS) is 17.6. The van der Waals surface area contributed by atoms with Gasteiger partial charge in [-0.2, -0.15) is 0 Å². The van der Waals surface area contributed by atoms with Gasteiger partial charge >= 0.3 is 0 Å². The minimum atomic E-state index is 0.510. The zero-order valence-corrected chi connectivity index (χ0v) is 11.7. The highest BCUT2D eigenvalue weighted by molar-refractivity contribution is 14.1. The van der Waals surface area contributed by atoms with Crippen LogP contribution in [0, 0.1) is 9.18 Å². The molecule has 0 unspecified atom stereocenters. The molecule has 4 heteroatoms. The molecule has 90 valence electrons. The number of furan rings is 1. The Bertz CT molecular complexity index is 334. The van der Waals surface area contributed by atoms with Gasteiger partial charge in [0.1, 0.15) is 5.76 Å². The monoisotopic (exact) mass is 335 g/mol. The maximum Gasteiger partial charge on any atom is 0.164 e. The van der Waals surface area contributed by atoms with E-state index in [1.165, 1.54) is 19.3 Å². The molecule has 1 aromatic rings. The summed E-state index contributed by atoms with van der Waals surface area (Å²) in [6.45, 7) is 2.78. The van der Waals surface area contributed by atoms with Crippen molar-refractivity contribution in [2.24, 2.45) is 5.41 Å². The molecule has 16 heavy (non-hydrogen) atoms. The second-order valence-corrected chi connectivity index (χ2v) is 5.62. The van der Waals surface area contributed by atoms with Crippen molar-refractivity contribution in [2.45, 2.75) is 25.8 Å². The molecule has 1 aliphatic carbocycles. The molecule has 1 aromatic heterocycles. The highest BCUT2D eigenvalue weighted by Gasteiger charge is 2.41. The first-order valence-corrected chi connectivity index (χ1v) is 6.76. The second-order valence-electron chi connectivity index (χ2n) is 4.55. The Hall–Kier alpha value is -0.0700. The number of halogens is 1. The topological polar surface area (TPSA) is 34.4 Å². The first-order valence-electron chi connectivity index (χ1n) is 5.68. The van der Waals surface area contributed by atoms with Crippen LogP contribution in [0.1, 0.15) is 25.0 Å². The maximum atomic E-state index is 5.50. The van der Waals surface area contributed by atoms with Crippen molar-refractivity contribution < 1.29 is 9.15 Å². The standard InChI is InChI=1S/C12H18INO2/c1-15-7-6-12(4-5-12)9-14-8-10-2-3-11(13)16-10/h2-3,14H,4-9H2,1H3. The third kappa shape index (κ3) is 3.46. The van der Waals surface area contributed by atoms with Crippen LogP contribution in [0.2, 0.25) is 0 Å². The largest absolute Gasteiger partial charge is 0.454 e. The van der Waals surface area contributed by atoms with Crippen LogP contribution in [0.5, 0.6) is 0 Å². The zero-order valence-electron chi connectivity index (χ0n) is 9.59. The fourth-order valence-electron chi connectivity index (χ4n) is 1.91. The predicted octanol–water partition coefficient (Wildman–Crippen LogP) is 2.79. The minimum Gasteiger partial charge on any atom is -0.454 e. The van der Waals surface area contributed by atoms with E-state index in [0.717, 1.165) is 29.2 Å². The Kier molecular flexibility index (Phi) is 4.27. The van der Waals surface area contributed by atoms with E-state index >= 15 is 0 Å². The van der Waals surface area contributed by atoms with Gasteiger partial charge in [0.25, 0.3) is 0 Å². The molecule has 1 fully saturated rings. The average Bonchev–Trinajstić information content (AvgIpc) is 2.92. The number of hydrogen-bond acceptors (Lipinski definition) is 3. The van der Waals surface area contributed by atoms with Gasteiger partial charge in [0.05, 0.1) is 6.54 Å². The lowest BCUT2D eigenvalue weighted by Crippen LogP contribution is -2.24. The van der Waals surface area contributed by atoms with Crippen molar-refractivity contribution in [2.75, 3.05) is 20.3 Å². The van der Waals surface area contributed by atoms with Crippen LogP contribution in [0.4, 0.5) is 0 Å². The number of rotatable bonds is 7. The van der Waals surface area contributed by atoms with Crippen molar-refractivity contribution in [3.05, 3.63) is 21.7 Å². The van der Waals surface area contributed by atoms with Gasteiger partial charge in [-0.1, -0.05) is 0 Å². The molecule has 0 radical (unpaired) electrons. The smallest absolute Gasteiger partial charge is 0.164 e. The summed E-state index contributed by atoms with van der Waals surface area (Å²) in [6.07, 6.45) is 3.84. The van der Waals surface area contributed by atoms with Gasteiger partial charge in [0.2, 0.25) is 0 Å². The lowest BCUT2D eigenvalue weighted by atomic mass is 10.0. The zero-order chi connectivity index (χ0) is 11.4. The molecule has 3 nitrogen and oxygen atoms in total. The summed E-state index contributed by atoms with van der Waals surface area (Å²) >= 11 is 2.19. The molecule has 1 aliphatic rings. The molecule has 0 aromatic carbocycles. The van der Waals surface area contributed by atoms with Crippen molar-refractivity contribution in [1.29, 1.82) is 0 Å². The lowest BCUT2D eigenvalue weighted by Gasteiger charge is -2.14. The van der Waals surface area contributed by atoms with Gasteiger partial charge in [-0.05, 0) is 59.4 Å². The molecule has 0 atom stereocenters. The molecule has 2 rings (SSSR count). The summed E-state index contributed by atoms with van der Waals surface area (Å²) in [4.78, 5) is 0. The van der Waals surface area contributed by atoms with Gasteiger partial charge in [-0.15, -0.1) is 0 Å². The van der Waals surface area contributed by atoms with E-state index in [2.05, 4.69) is 27.9 Å². The second kappa shape index (κ2) is 5.51. The molecule has 1 N–H and O–H groups in total. The predicted molar refractivity (Wildman–Crippen MR) is 71.3 cm³/mol. The van der Waals surface area contributed by atoms with Crippen molar-refractivity contribution in [1.82, 2.24) is 5.32 Å². The third-order valence-electron chi connectivity index (χ3n) is 3.22. The maximum absolute atomic E-state index is 5.50. The van der Waals surface area contributed by atoms with Gasteiger partial charge in [-0.3, -0.25) is 0 Å². The van der Waals surface area contributed by atoms with E-state index in [9.17, 15) is 0 Å². The Labute approximate surface area is 110 Å². The molecule has 0 amide bonds. The summed E-state index contributed by atoms with van der Waals surface area (Å²) in [6, 6.07) is 4.03. The van der Waals surface area contributed by atoms with Crippen LogP contribution in [0.3, 0.4) is 0 Å². The van der Waals surface area contributed by atoms with E-state index in [1.54, 1.807) is 7.11 Å². The third-order valence-corrected chi connectivity index (χ3v) is 3.80. The summed E-state index contributed by atoms with van der Waals surface area (Å²) in [5.74, 6) is 1.02. The Morgan fingerprint density at radius 1 is 1.50 bits per heavy atom. The first kappa shape index (κ1) is 12.4. The molecule has 0 bridgehead atoms. The minimum absolute atomic E-state index is 0.510. The summed E-state index contributed by atoms with van der Waals surface area (Å²) in [5, 5.41) is 3.47. The lowest BCUT2D eigenvalue weighted by molar-refractivity contribution is 0.171. The van der Waals surface area contributed by atoms with Gasteiger partial charge in [-0.25, -0.2) is 0 Å². The van der Waals surface area contributed by atoms with E-state index < -0.39 is 0 Å². The average molecular weight is 335 g/mol. The Morgan fingerprint density at radius 2 is 2.31 bits per heavy atom. The summed E-state index contributed by atoms with van der Waals surface area (Å²) < 4.78 is 11.6. The van der Waals surface area contributed by atoms with E-state index in [0.29, 0.717) is 5.41 Å². The van der Waals surface area contributed by atoms with Crippen LogP contribution < -0.4 is 5.32 Å². The highest BCUT2D eigenvalue weighted by atomic mass is 127. The van der Waals surface area contributed by atoms with Gasteiger partial charge in [0.15, 0.2) is 3.77 Å². The molecule has 1 heterocycles. The molecular weight excluding hydrogens is 317 g/mol. The number of nitrogens with one attached hydrogen (secondary N) is 1. The van der Waals surface area contributed by atoms with E-state index in [4.69, 9.17) is 9.15 Å². The molecular formula is C12H18INO2. The van der Waals surface area contributed by atoms with Crippen LogP contribution >= 0.6 is 22.6 Å². The Morgan fingerprint density at radius 3 is 2.88 bits per heavy atom. The van der Waals surface area contributed by atoms with Crippen molar-refractivity contribution in [3.8, 4) is 0 Å². The van der Waals surface area contributed by atoms with Crippen LogP contribution in [0.25, 0.3) is 0 Å². The first-order chi connectivity index (χ1) is 7.74. The highest BCUT2D eigenvalue weighted by Crippen LogP contribution is 2.48. The van der Waals surface area contributed by atoms with Crippen molar-refractivity contribution >= 4 is 22.6 Å². The van der Waals surface area contributed by atoms with Crippen LogP contribution in [0.15, 0.2) is 16.5 Å².